The Labute approximate surface area is 528 Å². The van der Waals surface area contributed by atoms with Gasteiger partial charge in [0.1, 0.15) is 16.4 Å². The largest absolute Gasteiger partial charge is 0.444 e. The summed E-state index contributed by atoms with van der Waals surface area (Å²) in [6.45, 7) is 27.0. The summed E-state index contributed by atoms with van der Waals surface area (Å²) < 4.78 is 27.6. The van der Waals surface area contributed by atoms with Crippen molar-refractivity contribution >= 4 is 75.1 Å². The van der Waals surface area contributed by atoms with Gasteiger partial charge in [-0.2, -0.15) is 10.2 Å². The molecule has 2 aromatic carbocycles. The smallest absolute Gasteiger partial charge is 0.410 e. The summed E-state index contributed by atoms with van der Waals surface area (Å²) in [6.07, 6.45) is 11.0. The molecule has 2 saturated heterocycles. The number of amides is 6. The van der Waals surface area contributed by atoms with Gasteiger partial charge in [0.15, 0.2) is 0 Å². The van der Waals surface area contributed by atoms with E-state index >= 15 is 0 Å². The van der Waals surface area contributed by atoms with Gasteiger partial charge in [0, 0.05) is 75.1 Å². The number of aryl methyl sites for hydroxylation is 2. The van der Waals surface area contributed by atoms with E-state index < -0.39 is 23.3 Å². The van der Waals surface area contributed by atoms with Crippen molar-refractivity contribution in [2.24, 2.45) is 14.1 Å². The Bertz CT molecular complexity index is 3400. The van der Waals surface area contributed by atoms with Crippen LogP contribution in [0.2, 0.25) is 5.15 Å². The van der Waals surface area contributed by atoms with Crippen molar-refractivity contribution in [1.29, 1.82) is 0 Å². The maximum absolute atomic E-state index is 13.3. The van der Waals surface area contributed by atoms with E-state index in [0.717, 1.165) is 49.4 Å². The van der Waals surface area contributed by atoms with E-state index in [9.17, 15) is 19.2 Å². The van der Waals surface area contributed by atoms with Gasteiger partial charge >= 0.3 is 24.2 Å². The molecular formula is C62H84BrClN16O8. The minimum Gasteiger partial charge on any atom is -0.444 e. The number of ether oxygens (including phenoxy) is 4. The highest BCUT2D eigenvalue weighted by atomic mass is 79.9. The number of likely N-dealkylation sites (tertiary alicyclic amines) is 2. The van der Waals surface area contributed by atoms with E-state index in [-0.39, 0.29) is 47.6 Å². The zero-order chi connectivity index (χ0) is 63.9. The highest BCUT2D eigenvalue weighted by molar-refractivity contribution is 9.10. The Kier molecular flexibility index (Phi) is 21.0. The summed E-state index contributed by atoms with van der Waals surface area (Å²) in [5, 5.41) is 21.1. The summed E-state index contributed by atoms with van der Waals surface area (Å²) in [6, 6.07) is 14.6. The number of benzene rings is 2. The van der Waals surface area contributed by atoms with Crippen LogP contribution in [-0.2, 0) is 45.9 Å². The zero-order valence-electron chi connectivity index (χ0n) is 52.9. The third-order valence-electron chi connectivity index (χ3n) is 13.8. The first-order chi connectivity index (χ1) is 41.3. The van der Waals surface area contributed by atoms with Gasteiger partial charge in [-0.3, -0.25) is 9.36 Å². The summed E-state index contributed by atoms with van der Waals surface area (Å²) >= 11 is 9.23. The van der Waals surface area contributed by atoms with Gasteiger partial charge in [-0.25, -0.2) is 39.1 Å². The van der Waals surface area contributed by atoms with Crippen LogP contribution >= 0.6 is 27.5 Å². The van der Waals surface area contributed by atoms with Gasteiger partial charge in [-0.05, 0) is 149 Å². The molecule has 8 heterocycles. The Morgan fingerprint density at radius 1 is 0.557 bits per heavy atom. The number of urea groups is 2. The summed E-state index contributed by atoms with van der Waals surface area (Å²) in [5.74, 6) is 0.926. The molecule has 2 fully saturated rings. The van der Waals surface area contributed by atoms with Gasteiger partial charge in [-0.1, -0.05) is 45.7 Å². The molecule has 6 amide bonds. The van der Waals surface area contributed by atoms with Crippen LogP contribution in [0.4, 0.5) is 42.4 Å². The van der Waals surface area contributed by atoms with E-state index in [1.54, 1.807) is 59.8 Å². The lowest BCUT2D eigenvalue weighted by atomic mass is 9.96. The van der Waals surface area contributed by atoms with Crippen LogP contribution in [0.1, 0.15) is 117 Å². The van der Waals surface area contributed by atoms with E-state index in [0.29, 0.717) is 82.2 Å². The first-order valence-electron chi connectivity index (χ1n) is 29.4. The predicted molar refractivity (Wildman–Crippen MR) is 340 cm³/mol. The molecule has 2 unspecified atom stereocenters. The number of nitrogens with zero attached hydrogens (tertiary/aromatic N) is 12. The molecule has 0 aliphatic carbocycles. The molecule has 4 aliphatic rings. The maximum Gasteiger partial charge on any atom is 0.410 e. The molecule has 2 atom stereocenters. The quantitative estimate of drug-likeness (QED) is 0.0982. The molecule has 88 heavy (non-hydrogen) atoms. The second kappa shape index (κ2) is 27.8. The number of fused-ring (bicyclic) bond motifs is 2. The molecule has 4 aromatic heterocycles. The van der Waals surface area contributed by atoms with Crippen molar-refractivity contribution in [3.05, 3.63) is 118 Å². The first-order valence-corrected chi connectivity index (χ1v) is 30.6. The number of hydrogen-bond donors (Lipinski definition) is 4. The van der Waals surface area contributed by atoms with Crippen molar-refractivity contribution in [3.63, 3.8) is 0 Å². The second-order valence-corrected chi connectivity index (χ2v) is 27.5. The monoisotopic (exact) mass is 1290 g/mol. The number of halogens is 2. The molecule has 0 radical (unpaired) electrons. The summed E-state index contributed by atoms with van der Waals surface area (Å²) in [4.78, 5) is 76.0. The average Bonchev–Trinajstić information content (AvgIpc) is 4.15. The summed E-state index contributed by atoms with van der Waals surface area (Å²) in [7, 11) is 3.68. The fourth-order valence-corrected chi connectivity index (χ4v) is 10.6. The lowest BCUT2D eigenvalue weighted by Gasteiger charge is -2.42. The highest BCUT2D eigenvalue weighted by Gasteiger charge is 2.39. The molecule has 474 valence electrons. The molecule has 26 heteroatoms. The molecule has 10 rings (SSSR count). The SMILES string of the molecule is CC(C)(C)OC(=O)N1CCc2cc(Br)ccc2C(NC(=O)N2CC(OC(C)(C)C)C2)C1.Cn1cc(Nc2nccc(-c3ccc4c(c3)CCN(C(=O)OC(C)(C)C)CC4NC(=O)N3CC(OC(C)(C)C)C3)n2)cn1.Cn1cc(Nc2nccc(Cl)n2)cn1. The fraction of sp³-hybridized carbons (Fsp3) is 0.516. The van der Waals surface area contributed by atoms with Crippen molar-refractivity contribution in [2.75, 3.05) is 63.0 Å². The standard InChI is InChI=1S/C31H42N8O4.C23H34BrN3O4.C8H8ClN5/c1-30(2,3)42-23-17-39(18-23)28(40)36-26-19-38(29(41)43-31(4,5)6)13-11-20-14-21(8-9-24(20)26)25-10-12-32-27(35-25)34-22-15-33-37(7)16-22;1-22(2,3)30-17-12-27(13-17)20(28)25-19-14-26(21(29)31-23(4,5)6)10-9-15-11-16(24)7-8-18(15)19;1-14-5-6(4-11-14)12-8-10-3-2-7(9)13-8/h8-10,12,14-16,23,26H,11,13,17-19H2,1-7H3,(H,36,40)(H,32,34,35);7-8,11,17,19H,9-10,12-14H2,1-6H3,(H,25,28);2-5H,1H3,(H,10,12,13). The third-order valence-corrected chi connectivity index (χ3v) is 14.5. The molecule has 0 bridgehead atoms. The van der Waals surface area contributed by atoms with Gasteiger partial charge in [-0.15, -0.1) is 0 Å². The van der Waals surface area contributed by atoms with Crippen molar-refractivity contribution in [2.45, 2.75) is 143 Å². The Morgan fingerprint density at radius 3 is 1.43 bits per heavy atom. The number of nitrogens with one attached hydrogen (secondary N) is 4. The van der Waals surface area contributed by atoms with Crippen LogP contribution in [-0.4, -0.2) is 170 Å². The van der Waals surface area contributed by atoms with E-state index in [1.165, 1.54) is 0 Å². The second-order valence-electron chi connectivity index (χ2n) is 26.2. The number of rotatable bonds is 9. The van der Waals surface area contributed by atoms with E-state index in [4.69, 9.17) is 35.5 Å². The topological polar surface area (TPSA) is 253 Å². The highest BCUT2D eigenvalue weighted by Crippen LogP contribution is 2.32. The fourth-order valence-electron chi connectivity index (χ4n) is 10.1. The Balaban J connectivity index is 0.000000193. The lowest BCUT2D eigenvalue weighted by Crippen LogP contribution is -2.59. The third kappa shape index (κ3) is 19.7. The average molecular weight is 1300 g/mol. The van der Waals surface area contributed by atoms with Crippen molar-refractivity contribution in [1.82, 2.24) is 69.7 Å². The van der Waals surface area contributed by atoms with Gasteiger partial charge in [0.05, 0.1) is 91.1 Å². The summed E-state index contributed by atoms with van der Waals surface area (Å²) in [5.41, 5.74) is 5.74. The van der Waals surface area contributed by atoms with Crippen LogP contribution in [0.3, 0.4) is 0 Å². The number of anilines is 4. The number of hydrogen-bond acceptors (Lipinski definition) is 16. The van der Waals surface area contributed by atoms with Crippen LogP contribution in [0, 0.1) is 0 Å². The van der Waals surface area contributed by atoms with Gasteiger partial charge in [0.25, 0.3) is 0 Å². The van der Waals surface area contributed by atoms with Crippen LogP contribution in [0.15, 0.2) is 90.2 Å². The van der Waals surface area contributed by atoms with Crippen LogP contribution in [0.25, 0.3) is 11.3 Å². The van der Waals surface area contributed by atoms with Gasteiger partial charge < -0.3 is 59.8 Å². The Morgan fingerprint density at radius 2 is 1.00 bits per heavy atom. The lowest BCUT2D eigenvalue weighted by molar-refractivity contribution is -0.111. The molecule has 4 N–H and O–H groups in total. The molecule has 0 spiro atoms. The van der Waals surface area contributed by atoms with E-state index in [1.807, 2.05) is 140 Å². The number of aromatic nitrogens is 8. The minimum atomic E-state index is -0.629. The van der Waals surface area contributed by atoms with Crippen LogP contribution < -0.4 is 21.3 Å². The minimum absolute atomic E-state index is 0.0124. The van der Waals surface area contributed by atoms with Crippen molar-refractivity contribution < 1.29 is 38.1 Å². The zero-order valence-corrected chi connectivity index (χ0v) is 55.2. The molecule has 0 saturated carbocycles. The normalized spacial score (nSPS) is 17.2. The molecule has 24 nitrogen and oxygen atoms in total. The number of carbonyl (C=O) groups excluding carboxylic acids is 4. The predicted octanol–water partition coefficient (Wildman–Crippen LogP) is 10.8. The van der Waals surface area contributed by atoms with Crippen LogP contribution in [0.5, 0.6) is 0 Å². The molecular weight excluding hydrogens is 1210 g/mol. The number of carbonyl (C=O) groups is 4. The maximum atomic E-state index is 13.3. The Hall–Kier alpha value is -7.61. The van der Waals surface area contributed by atoms with E-state index in [2.05, 4.69) is 74.5 Å². The van der Waals surface area contributed by atoms with Gasteiger partial charge in [0.2, 0.25) is 11.9 Å². The van der Waals surface area contributed by atoms with Crippen molar-refractivity contribution in [3.8, 4) is 11.3 Å². The molecule has 4 aliphatic heterocycles. The molecule has 6 aromatic rings. The first kappa shape index (κ1) is 66.3.